The molecule has 3 aliphatic carbocycles. The van der Waals surface area contributed by atoms with Crippen LogP contribution in [0.3, 0.4) is 0 Å². The van der Waals surface area contributed by atoms with Gasteiger partial charge in [-0.2, -0.15) is 0 Å². The number of hydrogen-bond donors (Lipinski definition) is 4. The summed E-state index contributed by atoms with van der Waals surface area (Å²) >= 11 is 5.99. The molecule has 1 saturated heterocycles. The molecule has 0 aromatic carbocycles. The molecule has 0 radical (unpaired) electrons. The van der Waals surface area contributed by atoms with Crippen molar-refractivity contribution < 1.29 is 22.8 Å². The zero-order valence-electron chi connectivity index (χ0n) is 43.6. The Morgan fingerprint density at radius 2 is 1.03 bits per heavy atom. The lowest BCUT2D eigenvalue weighted by Gasteiger charge is -2.40. The molecule has 77 heavy (non-hydrogen) atoms. The molecule has 404 valence electrons. The Morgan fingerprint density at radius 1 is 0.571 bits per heavy atom. The number of hydrogen-bond acceptors (Lipinski definition) is 19. The lowest BCUT2D eigenvalue weighted by atomic mass is 9.68. The largest absolute Gasteiger partial charge is 0.368 e. The SMILES string of the molecule is CN1CCN(c2ccc(Nc3ncc4sc5c(c4n3)C3(CCCCC3)CNC5=O)nc2)CC1.CS(=O)(=O)c1ncc2sc3c(c2n1)C1(CCCCC1)CNC3=O.CSc1ncc2sc3c(c2n1)C1(CCCCC1)CNC3=O. The Hall–Kier alpha value is -5.46. The quantitative estimate of drug-likeness (QED) is 0.0931. The van der Waals surface area contributed by atoms with Crippen LogP contribution in [0.25, 0.3) is 30.6 Å². The molecule has 18 nitrogen and oxygen atoms in total. The molecule has 7 aliphatic rings. The van der Waals surface area contributed by atoms with Crippen molar-refractivity contribution in [2.24, 2.45) is 0 Å². The number of sulfone groups is 1. The molecule has 3 amide bonds. The zero-order chi connectivity index (χ0) is 53.1. The second-order valence-corrected chi connectivity index (χ2v) is 27.8. The third-order valence-corrected chi connectivity index (χ3v) is 21.8. The van der Waals surface area contributed by atoms with Gasteiger partial charge in [0.25, 0.3) is 17.7 Å². The van der Waals surface area contributed by atoms with Crippen LogP contribution in [0.2, 0.25) is 0 Å². The molecule has 7 aromatic rings. The van der Waals surface area contributed by atoms with Crippen molar-refractivity contribution in [1.82, 2.24) is 55.7 Å². The van der Waals surface area contributed by atoms with Crippen LogP contribution in [0, 0.1) is 0 Å². The molecule has 4 aliphatic heterocycles. The molecule has 7 aromatic heterocycles. The van der Waals surface area contributed by atoms with Gasteiger partial charge in [0.1, 0.15) is 5.82 Å². The summed E-state index contributed by atoms with van der Waals surface area (Å²) in [6.07, 6.45) is 27.7. The molecule has 11 heterocycles. The molecule has 4 N–H and O–H groups in total. The molecule has 0 bridgehead atoms. The topological polar surface area (TPSA) is 230 Å². The van der Waals surface area contributed by atoms with Crippen LogP contribution in [0.5, 0.6) is 0 Å². The summed E-state index contributed by atoms with van der Waals surface area (Å²) in [4.78, 5) is 75.7. The molecular formula is C54H63N13O5S5. The van der Waals surface area contributed by atoms with Gasteiger partial charge in [0.05, 0.1) is 63.4 Å². The van der Waals surface area contributed by atoms with Crippen LogP contribution in [-0.4, -0.2) is 131 Å². The maximum atomic E-state index is 12.7. The normalized spacial score (nSPS) is 20.6. The predicted octanol–water partition coefficient (Wildman–Crippen LogP) is 8.93. The molecule has 0 atom stereocenters. The second kappa shape index (κ2) is 21.0. The van der Waals surface area contributed by atoms with Gasteiger partial charge >= 0.3 is 0 Å². The van der Waals surface area contributed by atoms with Gasteiger partial charge in [-0.3, -0.25) is 14.4 Å². The van der Waals surface area contributed by atoms with E-state index in [1.54, 1.807) is 23.1 Å². The Labute approximate surface area is 463 Å². The van der Waals surface area contributed by atoms with E-state index in [2.05, 4.69) is 69.1 Å². The van der Waals surface area contributed by atoms with E-state index >= 15 is 0 Å². The number of pyridine rings is 1. The zero-order valence-corrected chi connectivity index (χ0v) is 47.7. The number of carbonyl (C=O) groups excluding carboxylic acids is 3. The average Bonchev–Trinajstić information content (AvgIpc) is 4.36. The van der Waals surface area contributed by atoms with Gasteiger partial charge in [-0.05, 0) is 64.0 Å². The average molecular weight is 1130 g/mol. The molecule has 23 heteroatoms. The number of nitrogens with one attached hydrogen (secondary N) is 4. The summed E-state index contributed by atoms with van der Waals surface area (Å²) in [5.74, 6) is 1.26. The lowest BCUT2D eigenvalue weighted by molar-refractivity contribution is 0.0911. The number of nitrogens with zero attached hydrogens (tertiary/aromatic N) is 9. The summed E-state index contributed by atoms with van der Waals surface area (Å²) < 4.78 is 26.4. The van der Waals surface area contributed by atoms with E-state index in [0.29, 0.717) is 29.4 Å². The first-order chi connectivity index (χ1) is 37.3. The number of thiophene rings is 3. The van der Waals surface area contributed by atoms with E-state index < -0.39 is 9.84 Å². The minimum atomic E-state index is -3.47. The summed E-state index contributed by atoms with van der Waals surface area (Å²) in [5.41, 5.74) is 7.05. The van der Waals surface area contributed by atoms with Crippen molar-refractivity contribution in [2.75, 3.05) is 75.6 Å². The monoisotopic (exact) mass is 1130 g/mol. The van der Waals surface area contributed by atoms with Gasteiger partial charge in [0, 0.05) is 97.4 Å². The van der Waals surface area contributed by atoms with Crippen LogP contribution >= 0.6 is 45.8 Å². The lowest BCUT2D eigenvalue weighted by Crippen LogP contribution is -2.47. The first-order valence-corrected chi connectivity index (χ1v) is 32.5. The third-order valence-electron chi connectivity index (χ3n) is 17.0. The molecule has 3 spiro atoms. The maximum absolute atomic E-state index is 12.7. The standard InChI is InChI=1S/C24H29N7OS.C15H17N3O3S2.C15H17N3OS2/c1-30-9-11-31(12-10-30)16-5-6-18(25-13-16)28-23-26-14-17-20(29-23)19-21(33-17)22(32)27-15-24(19)7-3-2-4-8-24;1-23(20,21)14-16-7-9-11(18-14)10-12(22-9)13(19)17-8-15(10)5-3-2-4-6-15;1-20-14-16-7-9-11(18-14)10-12(21-9)13(19)17-8-15(10)5-3-2-4-6-15/h5-6,13-14H,2-4,7-12,15H2,1H3,(H,27,32)(H,25,26,28,29);7H,2-6,8H2,1H3,(H,17,19);7H,2-6,8H2,1H3,(H,17,19). The molecule has 4 fully saturated rings. The van der Waals surface area contributed by atoms with Crippen LogP contribution in [0.1, 0.15) is 142 Å². The second-order valence-electron chi connectivity index (χ2n) is 21.9. The first kappa shape index (κ1) is 52.3. The van der Waals surface area contributed by atoms with Crippen LogP contribution < -0.4 is 26.2 Å². The van der Waals surface area contributed by atoms with Crippen molar-refractivity contribution in [1.29, 1.82) is 0 Å². The van der Waals surface area contributed by atoms with E-state index in [4.69, 9.17) is 9.97 Å². The van der Waals surface area contributed by atoms with E-state index in [1.165, 1.54) is 79.4 Å². The van der Waals surface area contributed by atoms with Crippen molar-refractivity contribution in [2.45, 2.75) is 123 Å². The number of piperazine rings is 1. The van der Waals surface area contributed by atoms with Crippen LogP contribution in [-0.2, 0) is 26.1 Å². The summed E-state index contributed by atoms with van der Waals surface area (Å²) in [7, 11) is -1.31. The summed E-state index contributed by atoms with van der Waals surface area (Å²) in [5, 5.41) is 13.2. The van der Waals surface area contributed by atoms with E-state index in [0.717, 1.165) is 153 Å². The molecule has 0 unspecified atom stereocenters. The number of aromatic nitrogens is 7. The smallest absolute Gasteiger partial charge is 0.261 e. The Bertz CT molecular complexity index is 3540. The predicted molar refractivity (Wildman–Crippen MR) is 306 cm³/mol. The van der Waals surface area contributed by atoms with Gasteiger partial charge < -0.3 is 31.1 Å². The summed E-state index contributed by atoms with van der Waals surface area (Å²) in [6, 6.07) is 4.09. The number of thioether (sulfide) groups is 1. The number of amides is 3. The van der Waals surface area contributed by atoms with Gasteiger partial charge in [0.2, 0.25) is 20.9 Å². The Kier molecular flexibility index (Phi) is 14.2. The fourth-order valence-corrected chi connectivity index (χ4v) is 17.3. The van der Waals surface area contributed by atoms with E-state index in [-0.39, 0.29) is 39.1 Å². The highest BCUT2D eigenvalue weighted by molar-refractivity contribution is 7.98. The van der Waals surface area contributed by atoms with Crippen molar-refractivity contribution in [3.63, 3.8) is 0 Å². The highest BCUT2D eigenvalue weighted by Gasteiger charge is 2.46. The number of fused-ring (bicyclic) bond motifs is 12. The molecule has 3 saturated carbocycles. The van der Waals surface area contributed by atoms with E-state index in [1.807, 2.05) is 30.9 Å². The Morgan fingerprint density at radius 3 is 1.48 bits per heavy atom. The van der Waals surface area contributed by atoms with Gasteiger partial charge in [-0.25, -0.2) is 43.3 Å². The fraction of sp³-hybridized carbons (Fsp3) is 0.519. The van der Waals surface area contributed by atoms with Crippen LogP contribution in [0.4, 0.5) is 17.5 Å². The Balaban J connectivity index is 0.000000120. The van der Waals surface area contributed by atoms with Crippen molar-refractivity contribution >= 4 is 121 Å². The van der Waals surface area contributed by atoms with Crippen LogP contribution in [0.15, 0.2) is 47.2 Å². The number of anilines is 3. The number of carbonyl (C=O) groups is 3. The fourth-order valence-electron chi connectivity index (χ4n) is 13.0. The van der Waals surface area contributed by atoms with Gasteiger partial charge in [-0.1, -0.05) is 69.5 Å². The molecular weight excluding hydrogens is 1070 g/mol. The molecule has 14 rings (SSSR count). The van der Waals surface area contributed by atoms with Gasteiger partial charge in [-0.15, -0.1) is 34.0 Å². The van der Waals surface area contributed by atoms with Crippen molar-refractivity contribution in [3.8, 4) is 0 Å². The number of likely N-dealkylation sites (N-methyl/N-ethyl adjacent to an activating group) is 1. The maximum Gasteiger partial charge on any atom is 0.261 e. The number of rotatable bonds is 5. The third kappa shape index (κ3) is 9.84. The van der Waals surface area contributed by atoms with Crippen molar-refractivity contribution in [3.05, 3.63) is 68.2 Å². The highest BCUT2D eigenvalue weighted by Crippen LogP contribution is 2.51. The minimum absolute atomic E-state index is 0.00771. The first-order valence-electron chi connectivity index (χ1n) is 26.9. The van der Waals surface area contributed by atoms with E-state index in [9.17, 15) is 22.8 Å². The minimum Gasteiger partial charge on any atom is -0.368 e. The summed E-state index contributed by atoms with van der Waals surface area (Å²) in [6.45, 7) is 6.27. The highest BCUT2D eigenvalue weighted by atomic mass is 32.2. The van der Waals surface area contributed by atoms with Gasteiger partial charge in [0.15, 0.2) is 5.16 Å².